The fraction of sp³-hybridized carbons (Fsp3) is 0.304. The minimum absolute atomic E-state index is 0.0860. The zero-order chi connectivity index (χ0) is 23.4. The van der Waals surface area contributed by atoms with E-state index >= 15 is 0 Å². The van der Waals surface area contributed by atoms with Crippen LogP contribution in [0.1, 0.15) is 33.2 Å². The third kappa shape index (κ3) is 5.38. The monoisotopic (exact) mass is 494 g/mol. The number of hydrogen-bond donors (Lipinski definition) is 1. The molecule has 0 saturated heterocycles. The summed E-state index contributed by atoms with van der Waals surface area (Å²) in [5.74, 6) is 0.477. The number of amides is 1. The second-order valence-electron chi connectivity index (χ2n) is 7.58. The van der Waals surface area contributed by atoms with Crippen LogP contribution in [0.25, 0.3) is 0 Å². The van der Waals surface area contributed by atoms with E-state index in [1.165, 1.54) is 0 Å². The van der Waals surface area contributed by atoms with Crippen molar-refractivity contribution in [1.29, 1.82) is 0 Å². The van der Waals surface area contributed by atoms with Gasteiger partial charge in [-0.2, -0.15) is 5.10 Å². The summed E-state index contributed by atoms with van der Waals surface area (Å²) < 4.78 is 7.05. The molecule has 1 unspecified atom stereocenters. The van der Waals surface area contributed by atoms with Gasteiger partial charge in [-0.25, -0.2) is 4.68 Å². The number of para-hydroxylation sites is 1. The van der Waals surface area contributed by atoms with Gasteiger partial charge in [0.25, 0.3) is 5.91 Å². The molecular weight excluding hydrogens is 471 g/mol. The van der Waals surface area contributed by atoms with Crippen LogP contribution in [-0.2, 0) is 6.54 Å². The molecule has 0 saturated carbocycles. The van der Waals surface area contributed by atoms with Crippen molar-refractivity contribution in [2.24, 2.45) is 0 Å². The van der Waals surface area contributed by atoms with Crippen LogP contribution in [0.5, 0.6) is 5.75 Å². The molecule has 0 aliphatic heterocycles. The number of methoxy groups -OCH3 is 1. The molecule has 32 heavy (non-hydrogen) atoms. The Morgan fingerprint density at radius 1 is 1.19 bits per heavy atom. The zero-order valence-electron chi connectivity index (χ0n) is 18.3. The summed E-state index contributed by atoms with van der Waals surface area (Å²) >= 11 is 18.8. The number of nitrogens with zero attached hydrogens (tertiary/aromatic N) is 3. The number of ether oxygens (including phenoxy) is 1. The summed E-state index contributed by atoms with van der Waals surface area (Å²) in [6.45, 7) is 2.45. The molecule has 9 heteroatoms. The number of aryl methyl sites for hydroxylation is 1. The predicted molar refractivity (Wildman–Crippen MR) is 129 cm³/mol. The molecule has 1 atom stereocenters. The van der Waals surface area contributed by atoms with E-state index in [-0.39, 0.29) is 17.1 Å². The molecule has 1 aromatic heterocycles. The third-order valence-electron chi connectivity index (χ3n) is 5.20. The van der Waals surface area contributed by atoms with Gasteiger partial charge in [0.05, 0.1) is 31.0 Å². The van der Waals surface area contributed by atoms with E-state index in [0.29, 0.717) is 34.4 Å². The molecule has 3 rings (SSSR count). The van der Waals surface area contributed by atoms with Gasteiger partial charge in [0.15, 0.2) is 0 Å². The summed E-state index contributed by atoms with van der Waals surface area (Å²) in [4.78, 5) is 15.1. The normalized spacial score (nSPS) is 12.1. The Morgan fingerprint density at radius 3 is 2.56 bits per heavy atom. The highest BCUT2D eigenvalue weighted by Gasteiger charge is 2.24. The Morgan fingerprint density at radius 2 is 1.91 bits per heavy atom. The Bertz CT molecular complexity index is 1110. The molecule has 0 spiro atoms. The lowest BCUT2D eigenvalue weighted by atomic mass is 10.0. The fourth-order valence-electron chi connectivity index (χ4n) is 3.52. The molecule has 1 N–H and O–H groups in total. The van der Waals surface area contributed by atoms with Crippen LogP contribution >= 0.6 is 34.8 Å². The number of benzene rings is 2. The molecule has 3 aromatic rings. The van der Waals surface area contributed by atoms with Crippen LogP contribution in [0.15, 0.2) is 42.5 Å². The first-order valence-corrected chi connectivity index (χ1v) is 11.1. The minimum Gasteiger partial charge on any atom is -0.496 e. The van der Waals surface area contributed by atoms with Crippen LogP contribution in [0.4, 0.5) is 0 Å². The average Bonchev–Trinajstić information content (AvgIpc) is 3.03. The van der Waals surface area contributed by atoms with Gasteiger partial charge in [-0.15, -0.1) is 0 Å². The van der Waals surface area contributed by atoms with Crippen molar-refractivity contribution in [3.63, 3.8) is 0 Å². The summed E-state index contributed by atoms with van der Waals surface area (Å²) in [6.07, 6.45) is 0. The van der Waals surface area contributed by atoms with Gasteiger partial charge in [0.2, 0.25) is 0 Å². The van der Waals surface area contributed by atoms with E-state index in [2.05, 4.69) is 10.4 Å². The lowest BCUT2D eigenvalue weighted by Gasteiger charge is -2.26. The molecule has 0 fully saturated rings. The lowest BCUT2D eigenvalue weighted by molar-refractivity contribution is 0.0941. The zero-order valence-corrected chi connectivity index (χ0v) is 20.6. The SMILES string of the molecule is COc1ccccc1C(CNC(=O)c1c(C)nn(Cc2ccc(Cl)cc2Cl)c1Cl)N(C)C. The maximum atomic E-state index is 13.0. The van der Waals surface area contributed by atoms with Gasteiger partial charge in [-0.05, 0) is 44.8 Å². The summed E-state index contributed by atoms with van der Waals surface area (Å²) in [6, 6.07) is 12.9. The fourth-order valence-corrected chi connectivity index (χ4v) is 4.31. The Hall–Kier alpha value is -2.25. The van der Waals surface area contributed by atoms with Crippen molar-refractivity contribution in [3.05, 3.63) is 80.0 Å². The van der Waals surface area contributed by atoms with Gasteiger partial charge in [0, 0.05) is 22.2 Å². The van der Waals surface area contributed by atoms with E-state index < -0.39 is 0 Å². The Labute approximate surface area is 203 Å². The number of rotatable bonds is 8. The third-order valence-corrected chi connectivity index (χ3v) is 6.18. The first-order chi connectivity index (χ1) is 15.2. The second kappa shape index (κ2) is 10.6. The van der Waals surface area contributed by atoms with Gasteiger partial charge in [-0.3, -0.25) is 4.79 Å². The van der Waals surface area contributed by atoms with E-state index in [0.717, 1.165) is 16.9 Å². The Balaban J connectivity index is 1.79. The molecule has 2 aromatic carbocycles. The molecule has 0 aliphatic carbocycles. The van der Waals surface area contributed by atoms with E-state index in [1.54, 1.807) is 30.8 Å². The van der Waals surface area contributed by atoms with Gasteiger partial charge in [-0.1, -0.05) is 59.1 Å². The molecule has 1 amide bonds. The predicted octanol–water partition coefficient (Wildman–Crippen LogP) is 5.24. The first kappa shape index (κ1) is 24.4. The number of carbonyl (C=O) groups excluding carboxylic acids is 1. The van der Waals surface area contributed by atoms with Gasteiger partial charge in [0.1, 0.15) is 10.9 Å². The van der Waals surface area contributed by atoms with Crippen LogP contribution in [0.2, 0.25) is 15.2 Å². The molecular formula is C23H25Cl3N4O2. The maximum absolute atomic E-state index is 13.0. The van der Waals surface area contributed by atoms with E-state index in [9.17, 15) is 4.79 Å². The average molecular weight is 496 g/mol. The van der Waals surface area contributed by atoms with Crippen molar-refractivity contribution in [2.45, 2.75) is 19.5 Å². The van der Waals surface area contributed by atoms with E-state index in [1.807, 2.05) is 49.3 Å². The number of nitrogens with one attached hydrogen (secondary N) is 1. The summed E-state index contributed by atoms with van der Waals surface area (Å²) in [5.41, 5.74) is 2.66. The van der Waals surface area contributed by atoms with Crippen LogP contribution < -0.4 is 10.1 Å². The molecule has 1 heterocycles. The van der Waals surface area contributed by atoms with Crippen molar-refractivity contribution in [1.82, 2.24) is 20.0 Å². The highest BCUT2D eigenvalue weighted by atomic mass is 35.5. The second-order valence-corrected chi connectivity index (χ2v) is 8.78. The first-order valence-electron chi connectivity index (χ1n) is 9.97. The molecule has 0 aliphatic rings. The highest BCUT2D eigenvalue weighted by Crippen LogP contribution is 2.28. The van der Waals surface area contributed by atoms with Crippen molar-refractivity contribution >= 4 is 40.7 Å². The lowest BCUT2D eigenvalue weighted by Crippen LogP contribution is -2.35. The summed E-state index contributed by atoms with van der Waals surface area (Å²) in [5, 5.41) is 8.75. The topological polar surface area (TPSA) is 59.4 Å². The van der Waals surface area contributed by atoms with Crippen LogP contribution in [-0.4, -0.2) is 48.3 Å². The number of hydrogen-bond acceptors (Lipinski definition) is 4. The van der Waals surface area contributed by atoms with Gasteiger partial charge < -0.3 is 15.0 Å². The molecule has 170 valence electrons. The smallest absolute Gasteiger partial charge is 0.256 e. The maximum Gasteiger partial charge on any atom is 0.256 e. The molecule has 0 bridgehead atoms. The number of likely N-dealkylation sites (N-methyl/N-ethyl adjacent to an activating group) is 1. The highest BCUT2D eigenvalue weighted by molar-refractivity contribution is 6.35. The minimum atomic E-state index is -0.289. The van der Waals surface area contributed by atoms with Gasteiger partial charge >= 0.3 is 0 Å². The largest absolute Gasteiger partial charge is 0.496 e. The quantitative estimate of drug-likeness (QED) is 0.464. The van der Waals surface area contributed by atoms with Crippen LogP contribution in [0, 0.1) is 6.92 Å². The molecule has 6 nitrogen and oxygen atoms in total. The number of aromatic nitrogens is 2. The van der Waals surface area contributed by atoms with Crippen molar-refractivity contribution in [3.8, 4) is 5.75 Å². The number of carbonyl (C=O) groups is 1. The van der Waals surface area contributed by atoms with Crippen molar-refractivity contribution < 1.29 is 9.53 Å². The van der Waals surface area contributed by atoms with Crippen LogP contribution in [0.3, 0.4) is 0 Å². The number of halogens is 3. The van der Waals surface area contributed by atoms with Crippen molar-refractivity contribution in [2.75, 3.05) is 27.7 Å². The molecule has 0 radical (unpaired) electrons. The Kier molecular flexibility index (Phi) is 8.06. The van der Waals surface area contributed by atoms with E-state index in [4.69, 9.17) is 39.5 Å². The summed E-state index contributed by atoms with van der Waals surface area (Å²) in [7, 11) is 5.54. The standard InChI is InChI=1S/C23H25Cl3N4O2/c1-14-21(22(26)30(28-14)13-15-9-10-16(24)11-18(15)25)23(31)27-12-19(29(2)3)17-7-5-6-8-20(17)32-4/h5-11,19H,12-13H2,1-4H3,(H,27,31).